The van der Waals surface area contributed by atoms with Crippen LogP contribution in [0.5, 0.6) is 0 Å². The number of hydrogen-bond acceptors (Lipinski definition) is 4. The summed E-state index contributed by atoms with van der Waals surface area (Å²) in [7, 11) is 2.22. The average molecular weight is 281 g/mol. The molecule has 1 saturated heterocycles. The van der Waals surface area contributed by atoms with E-state index in [1.54, 1.807) is 0 Å². The van der Waals surface area contributed by atoms with Gasteiger partial charge in [-0.25, -0.2) is 0 Å². The molecule has 0 saturated carbocycles. The lowest BCUT2D eigenvalue weighted by molar-refractivity contribution is 0.00877. The maximum atomic E-state index is 6.19. The van der Waals surface area contributed by atoms with Gasteiger partial charge in [0.1, 0.15) is 0 Å². The van der Waals surface area contributed by atoms with E-state index in [1.807, 2.05) is 11.3 Å². The third-order valence-electron chi connectivity index (χ3n) is 4.72. The van der Waals surface area contributed by atoms with E-state index in [-0.39, 0.29) is 5.54 Å². The topological polar surface area (TPSA) is 32.5 Å². The summed E-state index contributed by atoms with van der Waals surface area (Å²) >= 11 is 1.85. The molecule has 2 rings (SSSR count). The van der Waals surface area contributed by atoms with Crippen LogP contribution in [0.2, 0.25) is 0 Å². The Morgan fingerprint density at radius 3 is 2.89 bits per heavy atom. The molecule has 0 radical (unpaired) electrons. The van der Waals surface area contributed by atoms with Gasteiger partial charge in [-0.15, -0.1) is 11.3 Å². The van der Waals surface area contributed by atoms with Crippen molar-refractivity contribution < 1.29 is 0 Å². The molecule has 0 spiro atoms. The van der Waals surface area contributed by atoms with Gasteiger partial charge in [-0.3, -0.25) is 4.90 Å². The van der Waals surface area contributed by atoms with E-state index < -0.39 is 0 Å². The van der Waals surface area contributed by atoms with Crippen molar-refractivity contribution in [3.05, 3.63) is 22.4 Å². The lowest BCUT2D eigenvalue weighted by Crippen LogP contribution is -2.60. The highest BCUT2D eigenvalue weighted by Gasteiger charge is 2.40. The normalized spacial score (nSPS) is 29.0. The monoisotopic (exact) mass is 281 g/mol. The lowest BCUT2D eigenvalue weighted by Gasteiger charge is -2.50. The first-order chi connectivity index (χ1) is 9.11. The van der Waals surface area contributed by atoms with Gasteiger partial charge in [-0.1, -0.05) is 13.0 Å². The highest BCUT2D eigenvalue weighted by Crippen LogP contribution is 2.32. The quantitative estimate of drug-likeness (QED) is 0.899. The summed E-state index contributed by atoms with van der Waals surface area (Å²) in [5.41, 5.74) is 6.38. The molecule has 4 heteroatoms. The van der Waals surface area contributed by atoms with Crippen molar-refractivity contribution in [2.45, 2.75) is 44.8 Å². The molecule has 0 bridgehead atoms. The molecule has 1 aromatic heterocycles. The third-order valence-corrected chi connectivity index (χ3v) is 5.58. The zero-order valence-corrected chi connectivity index (χ0v) is 13.2. The molecule has 1 fully saturated rings. The minimum atomic E-state index is 0.185. The second-order valence-corrected chi connectivity index (χ2v) is 6.84. The standard InChI is InChI=1S/C15H27N3S/c1-4-18(11-14-6-5-9-19-14)15(12-16)7-8-17(3)13(2)10-15/h5-6,9,13H,4,7-8,10-12,16H2,1-3H3. The molecule has 1 aliphatic heterocycles. The van der Waals surface area contributed by atoms with Gasteiger partial charge in [-0.2, -0.15) is 0 Å². The Hall–Kier alpha value is -0.420. The van der Waals surface area contributed by atoms with Gasteiger partial charge in [-0.05, 0) is 51.3 Å². The fourth-order valence-electron chi connectivity index (χ4n) is 3.22. The zero-order chi connectivity index (χ0) is 13.9. The summed E-state index contributed by atoms with van der Waals surface area (Å²) in [6.45, 7) is 8.62. The number of likely N-dealkylation sites (tertiary alicyclic amines) is 1. The largest absolute Gasteiger partial charge is 0.329 e. The van der Waals surface area contributed by atoms with Crippen LogP contribution in [0.25, 0.3) is 0 Å². The maximum Gasteiger partial charge on any atom is 0.0362 e. The first-order valence-electron chi connectivity index (χ1n) is 7.29. The molecule has 2 atom stereocenters. The van der Waals surface area contributed by atoms with Gasteiger partial charge in [0.05, 0.1) is 0 Å². The summed E-state index contributed by atoms with van der Waals surface area (Å²) in [4.78, 5) is 6.50. The predicted molar refractivity (Wildman–Crippen MR) is 83.5 cm³/mol. The summed E-state index contributed by atoms with van der Waals surface area (Å²) in [6, 6.07) is 4.99. The Morgan fingerprint density at radius 2 is 2.37 bits per heavy atom. The second-order valence-electron chi connectivity index (χ2n) is 5.81. The third kappa shape index (κ3) is 3.19. The van der Waals surface area contributed by atoms with Crippen molar-refractivity contribution in [1.82, 2.24) is 9.80 Å². The van der Waals surface area contributed by atoms with E-state index in [2.05, 4.69) is 48.2 Å². The summed E-state index contributed by atoms with van der Waals surface area (Å²) in [5.74, 6) is 0. The molecule has 2 N–H and O–H groups in total. The summed E-state index contributed by atoms with van der Waals surface area (Å²) in [5, 5.41) is 2.16. The lowest BCUT2D eigenvalue weighted by atomic mass is 9.82. The van der Waals surface area contributed by atoms with Crippen LogP contribution >= 0.6 is 11.3 Å². The van der Waals surface area contributed by atoms with Crippen molar-refractivity contribution in [3.63, 3.8) is 0 Å². The number of rotatable bonds is 5. The molecule has 1 aliphatic rings. The van der Waals surface area contributed by atoms with Gasteiger partial charge in [0, 0.05) is 29.5 Å². The van der Waals surface area contributed by atoms with Crippen LogP contribution in [0.4, 0.5) is 0 Å². The molecular weight excluding hydrogens is 254 g/mol. The number of likely N-dealkylation sites (N-methyl/N-ethyl adjacent to an activating group) is 1. The van der Waals surface area contributed by atoms with Crippen LogP contribution < -0.4 is 5.73 Å². The van der Waals surface area contributed by atoms with E-state index in [1.165, 1.54) is 17.7 Å². The van der Waals surface area contributed by atoms with Crippen LogP contribution in [0.1, 0.15) is 31.6 Å². The number of nitrogens with two attached hydrogens (primary N) is 1. The van der Waals surface area contributed by atoms with E-state index >= 15 is 0 Å². The molecule has 0 aromatic carbocycles. The van der Waals surface area contributed by atoms with Crippen LogP contribution in [0, 0.1) is 0 Å². The van der Waals surface area contributed by atoms with E-state index in [0.717, 1.165) is 26.2 Å². The number of nitrogens with zero attached hydrogens (tertiary/aromatic N) is 2. The highest BCUT2D eigenvalue weighted by molar-refractivity contribution is 7.09. The molecule has 0 amide bonds. The van der Waals surface area contributed by atoms with Crippen LogP contribution in [-0.2, 0) is 6.54 Å². The average Bonchev–Trinajstić information content (AvgIpc) is 2.92. The molecule has 2 unspecified atom stereocenters. The fourth-order valence-corrected chi connectivity index (χ4v) is 3.94. The smallest absolute Gasteiger partial charge is 0.0362 e. The highest BCUT2D eigenvalue weighted by atomic mass is 32.1. The van der Waals surface area contributed by atoms with Gasteiger partial charge in [0.15, 0.2) is 0 Å². The molecule has 3 nitrogen and oxygen atoms in total. The molecule has 19 heavy (non-hydrogen) atoms. The van der Waals surface area contributed by atoms with Gasteiger partial charge >= 0.3 is 0 Å². The number of thiophene rings is 1. The molecule has 1 aromatic rings. The van der Waals surface area contributed by atoms with Crippen molar-refractivity contribution in [3.8, 4) is 0 Å². The van der Waals surface area contributed by atoms with E-state index in [9.17, 15) is 0 Å². The maximum absolute atomic E-state index is 6.19. The Labute approximate surface area is 121 Å². The summed E-state index contributed by atoms with van der Waals surface area (Å²) < 4.78 is 0. The minimum Gasteiger partial charge on any atom is -0.329 e. The fraction of sp³-hybridized carbons (Fsp3) is 0.733. The predicted octanol–water partition coefficient (Wildman–Crippen LogP) is 2.38. The van der Waals surface area contributed by atoms with E-state index in [4.69, 9.17) is 5.73 Å². The Bertz CT molecular complexity index is 379. The molecular formula is C15H27N3S. The molecule has 108 valence electrons. The van der Waals surface area contributed by atoms with E-state index in [0.29, 0.717) is 6.04 Å². The molecule has 0 aliphatic carbocycles. The SMILES string of the molecule is CCN(Cc1cccs1)C1(CN)CCN(C)C(C)C1. The number of hydrogen-bond donors (Lipinski definition) is 1. The van der Waals surface area contributed by atoms with Crippen LogP contribution in [0.3, 0.4) is 0 Å². The summed E-state index contributed by atoms with van der Waals surface area (Å²) in [6.07, 6.45) is 2.36. The van der Waals surface area contributed by atoms with Crippen LogP contribution in [0.15, 0.2) is 17.5 Å². The van der Waals surface area contributed by atoms with Gasteiger partial charge in [0.25, 0.3) is 0 Å². The Morgan fingerprint density at radius 1 is 1.58 bits per heavy atom. The Kier molecular flexibility index (Phi) is 5.01. The van der Waals surface area contributed by atoms with Crippen LogP contribution in [-0.4, -0.2) is 48.1 Å². The second kappa shape index (κ2) is 6.35. The minimum absolute atomic E-state index is 0.185. The molecule has 2 heterocycles. The Balaban J connectivity index is 2.13. The first kappa shape index (κ1) is 15.0. The van der Waals surface area contributed by atoms with Crippen molar-refractivity contribution in [2.24, 2.45) is 5.73 Å². The first-order valence-corrected chi connectivity index (χ1v) is 8.17. The van der Waals surface area contributed by atoms with Crippen molar-refractivity contribution in [2.75, 3.05) is 26.7 Å². The van der Waals surface area contributed by atoms with Gasteiger partial charge < -0.3 is 10.6 Å². The van der Waals surface area contributed by atoms with Gasteiger partial charge in [0.2, 0.25) is 0 Å². The van der Waals surface area contributed by atoms with Crippen molar-refractivity contribution >= 4 is 11.3 Å². The number of piperidine rings is 1. The zero-order valence-electron chi connectivity index (χ0n) is 12.4. The van der Waals surface area contributed by atoms with Crippen molar-refractivity contribution in [1.29, 1.82) is 0 Å².